The number of hydrogen-bond acceptors (Lipinski definition) is 5. The first-order valence-corrected chi connectivity index (χ1v) is 7.36. The highest BCUT2D eigenvalue weighted by Crippen LogP contribution is 2.33. The van der Waals surface area contributed by atoms with E-state index in [1.165, 1.54) is 12.3 Å². The molecule has 0 spiro atoms. The van der Waals surface area contributed by atoms with E-state index in [4.69, 9.17) is 4.94 Å². The van der Waals surface area contributed by atoms with Crippen LogP contribution in [-0.2, 0) is 9.73 Å². The summed E-state index contributed by atoms with van der Waals surface area (Å²) < 4.78 is 15.6. The molecule has 0 unspecified atom stereocenters. The molecule has 0 amide bonds. The molecular formula is C14H11FIN3O3. The van der Waals surface area contributed by atoms with Gasteiger partial charge in [-0.15, -0.1) is 4.94 Å². The average Bonchev–Trinajstić information content (AvgIpc) is 2.92. The number of carboxylic acid groups (broad SMARTS) is 1. The van der Waals surface area contributed by atoms with Gasteiger partial charge >= 0.3 is 5.97 Å². The zero-order valence-electron chi connectivity index (χ0n) is 11.4. The van der Waals surface area contributed by atoms with Crippen LogP contribution in [0.1, 0.15) is 5.56 Å². The average molecular weight is 415 g/mol. The lowest BCUT2D eigenvalue weighted by molar-refractivity contribution is -0.140. The lowest BCUT2D eigenvalue weighted by atomic mass is 10.1. The van der Waals surface area contributed by atoms with Gasteiger partial charge in [0.1, 0.15) is 5.70 Å². The lowest BCUT2D eigenvalue weighted by Crippen LogP contribution is -2.27. The van der Waals surface area contributed by atoms with Crippen LogP contribution in [0, 0.1) is 10.5 Å². The second-order valence-corrected chi connectivity index (χ2v) is 5.93. The molecule has 22 heavy (non-hydrogen) atoms. The standard InChI is InChI=1S/C14H11FIN3O3/c1-7-4-8(16)2-3-11(7)18-12-10(14(20)21)5-9-6-17-22-19(9)13(12)15/h2-6,17-18H,1H3,(H,20,21). The Balaban J connectivity index is 2.03. The van der Waals surface area contributed by atoms with E-state index in [-0.39, 0.29) is 17.0 Å². The van der Waals surface area contributed by atoms with Crippen LogP contribution < -0.4 is 10.8 Å². The first-order chi connectivity index (χ1) is 10.5. The van der Waals surface area contributed by atoms with Crippen LogP contribution >= 0.6 is 22.6 Å². The second kappa shape index (κ2) is 5.61. The van der Waals surface area contributed by atoms with Gasteiger partial charge in [-0.25, -0.2) is 10.3 Å². The van der Waals surface area contributed by atoms with Gasteiger partial charge in [0.15, 0.2) is 0 Å². The highest BCUT2D eigenvalue weighted by atomic mass is 127. The number of aryl methyl sites for hydroxylation is 1. The number of hydroxylamine groups is 3. The van der Waals surface area contributed by atoms with E-state index >= 15 is 0 Å². The fourth-order valence-electron chi connectivity index (χ4n) is 2.13. The van der Waals surface area contributed by atoms with Gasteiger partial charge in [0, 0.05) is 9.26 Å². The fraction of sp³-hybridized carbons (Fsp3) is 0.0714. The molecule has 0 saturated carbocycles. The van der Waals surface area contributed by atoms with Gasteiger partial charge in [0.25, 0.3) is 0 Å². The van der Waals surface area contributed by atoms with E-state index in [1.54, 1.807) is 6.07 Å². The first kappa shape index (κ1) is 14.9. The number of carbonyl (C=O) groups is 1. The normalized spacial score (nSPS) is 16.8. The number of nitrogens with one attached hydrogen (secondary N) is 2. The monoisotopic (exact) mass is 415 g/mol. The van der Waals surface area contributed by atoms with Crippen LogP contribution in [0.5, 0.6) is 0 Å². The number of halogens is 2. The summed E-state index contributed by atoms with van der Waals surface area (Å²) in [6.07, 6.45) is 2.70. The van der Waals surface area contributed by atoms with Crippen molar-refractivity contribution < 1.29 is 19.2 Å². The Morgan fingerprint density at radius 2 is 2.27 bits per heavy atom. The molecule has 3 N–H and O–H groups in total. The quantitative estimate of drug-likeness (QED) is 0.521. The summed E-state index contributed by atoms with van der Waals surface area (Å²) in [5.41, 5.74) is 3.82. The maximum Gasteiger partial charge on any atom is 0.338 e. The molecule has 0 radical (unpaired) electrons. The van der Waals surface area contributed by atoms with Crippen molar-refractivity contribution in [1.29, 1.82) is 0 Å². The number of carboxylic acids is 1. The highest BCUT2D eigenvalue weighted by Gasteiger charge is 2.33. The summed E-state index contributed by atoms with van der Waals surface area (Å²) in [5.74, 6) is -2.05. The Kier molecular flexibility index (Phi) is 3.79. The molecule has 0 aromatic heterocycles. The Morgan fingerprint density at radius 1 is 1.50 bits per heavy atom. The zero-order chi connectivity index (χ0) is 15.9. The summed E-state index contributed by atoms with van der Waals surface area (Å²) in [6, 6.07) is 5.53. The molecule has 0 aliphatic carbocycles. The molecule has 1 aromatic rings. The van der Waals surface area contributed by atoms with Crippen molar-refractivity contribution >= 4 is 34.2 Å². The van der Waals surface area contributed by atoms with E-state index in [0.29, 0.717) is 5.69 Å². The van der Waals surface area contributed by atoms with Crippen molar-refractivity contribution in [3.05, 3.63) is 62.5 Å². The smallest absolute Gasteiger partial charge is 0.338 e. The molecule has 2 aliphatic heterocycles. The third kappa shape index (κ3) is 2.55. The predicted molar refractivity (Wildman–Crippen MR) is 85.5 cm³/mol. The third-order valence-electron chi connectivity index (χ3n) is 3.21. The number of benzene rings is 1. The summed E-state index contributed by atoms with van der Waals surface area (Å²) in [4.78, 5) is 16.3. The number of aliphatic carboxylic acids is 1. The van der Waals surface area contributed by atoms with Gasteiger partial charge in [-0.05, 0) is 59.4 Å². The molecular weight excluding hydrogens is 404 g/mol. The molecule has 0 saturated heterocycles. The van der Waals surface area contributed by atoms with Gasteiger partial charge in [-0.2, -0.15) is 9.45 Å². The first-order valence-electron chi connectivity index (χ1n) is 6.28. The molecule has 2 aliphatic rings. The number of rotatable bonds is 3. The zero-order valence-corrected chi connectivity index (χ0v) is 13.5. The Hall–Kier alpha value is -2.07. The predicted octanol–water partition coefficient (Wildman–Crippen LogP) is 2.77. The van der Waals surface area contributed by atoms with E-state index < -0.39 is 11.9 Å². The van der Waals surface area contributed by atoms with Gasteiger partial charge in [0.2, 0.25) is 5.95 Å². The van der Waals surface area contributed by atoms with Crippen LogP contribution in [0.15, 0.2) is 53.4 Å². The number of fused-ring (bicyclic) bond motifs is 1. The Labute approximate surface area is 139 Å². The minimum absolute atomic E-state index is 0.155. The van der Waals surface area contributed by atoms with Crippen molar-refractivity contribution in [2.24, 2.45) is 0 Å². The largest absolute Gasteiger partial charge is 0.478 e. The second-order valence-electron chi connectivity index (χ2n) is 4.69. The van der Waals surface area contributed by atoms with Crippen LogP contribution in [0.3, 0.4) is 0 Å². The molecule has 2 heterocycles. The highest BCUT2D eigenvalue weighted by molar-refractivity contribution is 14.1. The van der Waals surface area contributed by atoms with Crippen molar-refractivity contribution in [3.8, 4) is 0 Å². The summed E-state index contributed by atoms with van der Waals surface area (Å²) >= 11 is 2.17. The Bertz CT molecular complexity index is 758. The van der Waals surface area contributed by atoms with Gasteiger partial charge in [-0.1, -0.05) is 0 Å². The maximum absolute atomic E-state index is 14.5. The minimum atomic E-state index is -1.23. The minimum Gasteiger partial charge on any atom is -0.478 e. The van der Waals surface area contributed by atoms with Crippen molar-refractivity contribution in [3.63, 3.8) is 0 Å². The van der Waals surface area contributed by atoms with E-state index in [9.17, 15) is 14.3 Å². The molecule has 6 nitrogen and oxygen atoms in total. The summed E-state index contributed by atoms with van der Waals surface area (Å²) in [7, 11) is 0. The van der Waals surface area contributed by atoms with Gasteiger partial charge in [0.05, 0.1) is 17.5 Å². The maximum atomic E-state index is 14.5. The van der Waals surface area contributed by atoms with Crippen molar-refractivity contribution in [2.75, 3.05) is 5.32 Å². The molecule has 3 rings (SSSR count). The molecule has 0 atom stereocenters. The van der Waals surface area contributed by atoms with Crippen molar-refractivity contribution in [2.45, 2.75) is 6.92 Å². The lowest BCUT2D eigenvalue weighted by Gasteiger charge is -2.24. The third-order valence-corrected chi connectivity index (χ3v) is 3.88. The number of nitrogens with zero attached hydrogens (tertiary/aromatic N) is 1. The molecule has 0 bridgehead atoms. The van der Waals surface area contributed by atoms with Gasteiger partial charge in [-0.3, -0.25) is 0 Å². The van der Waals surface area contributed by atoms with Gasteiger partial charge < -0.3 is 10.4 Å². The number of allylic oxidation sites excluding steroid dienone is 1. The van der Waals surface area contributed by atoms with Crippen LogP contribution in [-0.4, -0.2) is 16.1 Å². The molecule has 1 aromatic carbocycles. The summed E-state index contributed by atoms with van der Waals surface area (Å²) in [5, 5.41) is 13.1. The molecule has 8 heteroatoms. The summed E-state index contributed by atoms with van der Waals surface area (Å²) in [6.45, 7) is 1.86. The SMILES string of the molecule is Cc1cc(I)ccc1NC1=C(F)N2ONC=C2C=C1C(=O)O. The molecule has 0 fully saturated rings. The van der Waals surface area contributed by atoms with Crippen LogP contribution in [0.4, 0.5) is 10.1 Å². The number of hydrogen-bond donors (Lipinski definition) is 3. The van der Waals surface area contributed by atoms with Crippen molar-refractivity contribution in [1.82, 2.24) is 10.5 Å². The van der Waals surface area contributed by atoms with Crippen LogP contribution in [0.25, 0.3) is 0 Å². The molecule has 114 valence electrons. The fourth-order valence-corrected chi connectivity index (χ4v) is 2.77. The Morgan fingerprint density at radius 3 is 2.95 bits per heavy atom. The number of anilines is 1. The van der Waals surface area contributed by atoms with E-state index in [1.807, 2.05) is 19.1 Å². The van der Waals surface area contributed by atoms with E-state index in [0.717, 1.165) is 14.2 Å². The van der Waals surface area contributed by atoms with E-state index in [2.05, 4.69) is 33.4 Å². The van der Waals surface area contributed by atoms with Crippen LogP contribution in [0.2, 0.25) is 0 Å². The topological polar surface area (TPSA) is 73.8 Å².